The second-order valence-electron chi connectivity index (χ2n) is 8.32. The molecule has 1 aliphatic heterocycles. The van der Waals surface area contributed by atoms with E-state index in [0.29, 0.717) is 11.6 Å². The summed E-state index contributed by atoms with van der Waals surface area (Å²) in [5.74, 6) is 0.447. The van der Waals surface area contributed by atoms with Gasteiger partial charge in [-0.15, -0.1) is 17.9 Å². The Kier molecular flexibility index (Phi) is 7.96. The van der Waals surface area contributed by atoms with Crippen molar-refractivity contribution in [2.75, 3.05) is 26.2 Å². The Morgan fingerprint density at radius 1 is 1.20 bits per heavy atom. The largest absolute Gasteiger partial charge is 0.491 e. The van der Waals surface area contributed by atoms with Crippen LogP contribution < -0.4 is 4.74 Å². The van der Waals surface area contributed by atoms with Crippen LogP contribution in [0, 0.1) is 6.92 Å². The number of rotatable bonds is 9. The van der Waals surface area contributed by atoms with Gasteiger partial charge in [0.1, 0.15) is 12.4 Å². The third kappa shape index (κ3) is 5.78. The summed E-state index contributed by atoms with van der Waals surface area (Å²) in [7, 11) is -3.91. The summed E-state index contributed by atoms with van der Waals surface area (Å²) in [6, 6.07) is 15.4. The summed E-state index contributed by atoms with van der Waals surface area (Å²) in [6.45, 7) is 6.19. The van der Waals surface area contributed by atoms with E-state index >= 15 is 0 Å². The van der Waals surface area contributed by atoms with E-state index in [1.807, 2.05) is 42.6 Å². The van der Waals surface area contributed by atoms with Crippen LogP contribution in [-0.2, 0) is 21.2 Å². The van der Waals surface area contributed by atoms with E-state index in [0.717, 1.165) is 27.6 Å². The third-order valence-corrected chi connectivity index (χ3v) is 9.01. The molecule has 9 heteroatoms. The Bertz CT molecular complexity index is 1290. The van der Waals surface area contributed by atoms with Crippen molar-refractivity contribution >= 4 is 38.9 Å². The Morgan fingerprint density at radius 3 is 2.60 bits per heavy atom. The molecular weight excluding hydrogens is 504 g/mol. The standard InChI is InChI=1S/C26H27ClN2O4S2/c1-3-14-28(35(31,32)22-10-6-20(27)7-11-22)17-26(30)29-15-12-25-23(13-16-34-25)24(29)18-33-21-8-4-19(2)5-9-21/h3-11,13,16,24H,1,12,14-15,17-18H2,2H3. The molecule has 1 atom stereocenters. The number of benzene rings is 2. The zero-order valence-electron chi connectivity index (χ0n) is 19.4. The molecule has 0 N–H and O–H groups in total. The Labute approximate surface area is 215 Å². The third-order valence-electron chi connectivity index (χ3n) is 5.94. The average molecular weight is 531 g/mol. The van der Waals surface area contributed by atoms with E-state index in [-0.39, 0.29) is 36.5 Å². The summed E-state index contributed by atoms with van der Waals surface area (Å²) in [5.41, 5.74) is 2.19. The van der Waals surface area contributed by atoms with E-state index in [1.165, 1.54) is 35.2 Å². The van der Waals surface area contributed by atoms with Crippen LogP contribution in [0.25, 0.3) is 0 Å². The van der Waals surface area contributed by atoms with Gasteiger partial charge in [0.25, 0.3) is 0 Å². The number of fused-ring (bicyclic) bond motifs is 1. The molecule has 2 heterocycles. The number of sulfonamides is 1. The first-order valence-corrected chi connectivity index (χ1v) is 13.9. The maximum absolute atomic E-state index is 13.5. The lowest BCUT2D eigenvalue weighted by molar-refractivity contribution is -0.135. The fourth-order valence-electron chi connectivity index (χ4n) is 4.07. The number of nitrogens with zero attached hydrogens (tertiary/aromatic N) is 2. The molecule has 1 amide bonds. The lowest BCUT2D eigenvalue weighted by Crippen LogP contribution is -2.47. The molecule has 0 saturated heterocycles. The molecule has 1 aromatic heterocycles. The minimum absolute atomic E-state index is 0.0127. The first kappa shape index (κ1) is 25.4. The SMILES string of the molecule is C=CCN(CC(=O)N1CCc2sccc2C1COc1ccc(C)cc1)S(=O)(=O)c1ccc(Cl)cc1. The van der Waals surface area contributed by atoms with Crippen molar-refractivity contribution in [1.82, 2.24) is 9.21 Å². The van der Waals surface area contributed by atoms with Crippen molar-refractivity contribution < 1.29 is 17.9 Å². The zero-order valence-corrected chi connectivity index (χ0v) is 21.8. The minimum Gasteiger partial charge on any atom is -0.491 e. The first-order chi connectivity index (χ1) is 16.8. The summed E-state index contributed by atoms with van der Waals surface area (Å²) < 4.78 is 33.7. The predicted octanol–water partition coefficient (Wildman–Crippen LogP) is 5.09. The average Bonchev–Trinajstić information content (AvgIpc) is 3.32. The molecule has 0 spiro atoms. The summed E-state index contributed by atoms with van der Waals surface area (Å²) in [4.78, 5) is 16.6. The topological polar surface area (TPSA) is 66.9 Å². The van der Waals surface area contributed by atoms with Gasteiger partial charge in [-0.2, -0.15) is 4.31 Å². The highest BCUT2D eigenvalue weighted by Gasteiger charge is 2.35. The van der Waals surface area contributed by atoms with Gasteiger partial charge in [0.05, 0.1) is 17.5 Å². The van der Waals surface area contributed by atoms with Crippen molar-refractivity contribution in [3.8, 4) is 5.75 Å². The minimum atomic E-state index is -3.91. The van der Waals surface area contributed by atoms with Crippen molar-refractivity contribution in [3.63, 3.8) is 0 Å². The van der Waals surface area contributed by atoms with Gasteiger partial charge in [0.2, 0.25) is 15.9 Å². The van der Waals surface area contributed by atoms with Gasteiger partial charge in [-0.3, -0.25) is 4.79 Å². The van der Waals surface area contributed by atoms with Gasteiger partial charge in [0, 0.05) is 23.0 Å². The van der Waals surface area contributed by atoms with E-state index in [2.05, 4.69) is 6.58 Å². The highest BCUT2D eigenvalue weighted by Crippen LogP contribution is 2.34. The highest BCUT2D eigenvalue weighted by atomic mass is 35.5. The number of ether oxygens (including phenoxy) is 1. The van der Waals surface area contributed by atoms with Gasteiger partial charge in [0.15, 0.2) is 0 Å². The lowest BCUT2D eigenvalue weighted by Gasteiger charge is -2.36. The summed E-state index contributed by atoms with van der Waals surface area (Å²) in [5, 5.41) is 2.46. The number of hydrogen-bond donors (Lipinski definition) is 0. The van der Waals surface area contributed by atoms with Crippen LogP contribution in [-0.4, -0.2) is 49.8 Å². The number of thiophene rings is 1. The van der Waals surface area contributed by atoms with Gasteiger partial charge in [-0.05, 0) is 66.8 Å². The molecule has 0 saturated carbocycles. The van der Waals surface area contributed by atoms with Gasteiger partial charge < -0.3 is 9.64 Å². The van der Waals surface area contributed by atoms with Crippen molar-refractivity contribution in [2.45, 2.75) is 24.3 Å². The molecule has 0 bridgehead atoms. The van der Waals surface area contributed by atoms with Crippen LogP contribution in [0.3, 0.4) is 0 Å². The van der Waals surface area contributed by atoms with Gasteiger partial charge >= 0.3 is 0 Å². The lowest BCUT2D eigenvalue weighted by atomic mass is 10.0. The predicted molar refractivity (Wildman–Crippen MR) is 140 cm³/mol. The summed E-state index contributed by atoms with van der Waals surface area (Å²) in [6.07, 6.45) is 2.21. The van der Waals surface area contributed by atoms with Crippen LogP contribution in [0.4, 0.5) is 0 Å². The molecule has 0 radical (unpaired) electrons. The van der Waals surface area contributed by atoms with Gasteiger partial charge in [-0.25, -0.2) is 8.42 Å². The maximum atomic E-state index is 13.5. The molecule has 3 aromatic rings. The Morgan fingerprint density at radius 2 is 1.91 bits per heavy atom. The van der Waals surface area contributed by atoms with Crippen LogP contribution in [0.2, 0.25) is 5.02 Å². The number of aryl methyl sites for hydroxylation is 1. The zero-order chi connectivity index (χ0) is 25.0. The highest BCUT2D eigenvalue weighted by molar-refractivity contribution is 7.89. The van der Waals surface area contributed by atoms with E-state index in [9.17, 15) is 13.2 Å². The molecule has 6 nitrogen and oxygen atoms in total. The van der Waals surface area contributed by atoms with Gasteiger partial charge in [-0.1, -0.05) is 35.4 Å². The molecule has 1 unspecified atom stereocenters. The number of carbonyl (C=O) groups excluding carboxylic acids is 1. The molecular formula is C26H27ClN2O4S2. The molecule has 0 aliphatic carbocycles. The van der Waals surface area contributed by atoms with E-state index in [1.54, 1.807) is 16.2 Å². The summed E-state index contributed by atoms with van der Waals surface area (Å²) >= 11 is 7.59. The number of hydrogen-bond acceptors (Lipinski definition) is 5. The second-order valence-corrected chi connectivity index (χ2v) is 11.7. The molecule has 0 fully saturated rings. The van der Waals surface area contributed by atoms with E-state index < -0.39 is 10.0 Å². The van der Waals surface area contributed by atoms with Crippen molar-refractivity contribution in [1.29, 1.82) is 0 Å². The first-order valence-electron chi connectivity index (χ1n) is 11.2. The fourth-order valence-corrected chi connectivity index (χ4v) is 6.49. The van der Waals surface area contributed by atoms with Crippen LogP contribution in [0.15, 0.2) is 77.5 Å². The molecule has 2 aromatic carbocycles. The van der Waals surface area contributed by atoms with Crippen molar-refractivity contribution in [2.24, 2.45) is 0 Å². The monoisotopic (exact) mass is 530 g/mol. The Hall–Kier alpha value is -2.65. The number of halogens is 1. The fraction of sp³-hybridized carbons (Fsp3) is 0.269. The van der Waals surface area contributed by atoms with Crippen LogP contribution in [0.5, 0.6) is 5.75 Å². The van der Waals surface area contributed by atoms with E-state index in [4.69, 9.17) is 16.3 Å². The van der Waals surface area contributed by atoms with Crippen molar-refractivity contribution in [3.05, 3.63) is 93.7 Å². The smallest absolute Gasteiger partial charge is 0.243 e. The second kappa shape index (κ2) is 11.0. The quantitative estimate of drug-likeness (QED) is 0.361. The number of carbonyl (C=O) groups is 1. The number of amides is 1. The van der Waals surface area contributed by atoms with Crippen LogP contribution in [0.1, 0.15) is 22.0 Å². The molecule has 4 rings (SSSR count). The molecule has 35 heavy (non-hydrogen) atoms. The normalized spacial score (nSPS) is 15.6. The molecule has 184 valence electrons. The maximum Gasteiger partial charge on any atom is 0.243 e. The molecule has 1 aliphatic rings. The van der Waals surface area contributed by atoms with Crippen LogP contribution >= 0.6 is 22.9 Å². The Balaban J connectivity index is 1.55.